The average Bonchev–Trinajstić information content (AvgIpc) is 2.56. The normalized spacial score (nSPS) is 22.0. The van der Waals surface area contributed by atoms with Gasteiger partial charge in [0.1, 0.15) is 12.1 Å². The van der Waals surface area contributed by atoms with Crippen molar-refractivity contribution >= 4 is 5.82 Å². The van der Waals surface area contributed by atoms with Crippen LogP contribution in [-0.4, -0.2) is 45.7 Å². The van der Waals surface area contributed by atoms with Crippen molar-refractivity contribution in [2.45, 2.75) is 25.9 Å². The van der Waals surface area contributed by atoms with E-state index in [-0.39, 0.29) is 18.6 Å². The van der Waals surface area contributed by atoms with E-state index in [4.69, 9.17) is 0 Å². The first kappa shape index (κ1) is 15.9. The molecule has 2 N–H and O–H groups in total. The number of piperidine rings is 1. The van der Waals surface area contributed by atoms with Gasteiger partial charge in [-0.05, 0) is 25.5 Å². The van der Waals surface area contributed by atoms with Crippen molar-refractivity contribution in [1.29, 1.82) is 0 Å². The van der Waals surface area contributed by atoms with Gasteiger partial charge in [-0.1, -0.05) is 30.3 Å². The predicted octanol–water partition coefficient (Wildman–Crippen LogP) is 2.08. The zero-order valence-corrected chi connectivity index (χ0v) is 13.5. The monoisotopic (exact) mass is 312 g/mol. The quantitative estimate of drug-likeness (QED) is 0.885. The lowest BCUT2D eigenvalue weighted by molar-refractivity contribution is 0.115. The summed E-state index contributed by atoms with van der Waals surface area (Å²) >= 11 is 0. The van der Waals surface area contributed by atoms with Crippen LogP contribution in [0.5, 0.6) is 0 Å². The Morgan fingerprint density at radius 3 is 2.83 bits per heavy atom. The minimum atomic E-state index is 0.201. The van der Waals surface area contributed by atoms with Crippen LogP contribution < -0.4 is 5.32 Å². The zero-order chi connectivity index (χ0) is 16.1. The van der Waals surface area contributed by atoms with Crippen LogP contribution in [0.25, 0.3) is 0 Å². The molecule has 1 aliphatic rings. The van der Waals surface area contributed by atoms with Crippen molar-refractivity contribution in [3.05, 3.63) is 54.0 Å². The molecule has 5 nitrogen and oxygen atoms in total. The number of aromatic nitrogens is 2. The number of anilines is 1. The van der Waals surface area contributed by atoms with Crippen LogP contribution in [0.3, 0.4) is 0 Å². The van der Waals surface area contributed by atoms with Crippen LogP contribution in [0, 0.1) is 12.8 Å². The number of benzene rings is 1. The molecule has 2 heterocycles. The van der Waals surface area contributed by atoms with E-state index >= 15 is 0 Å². The summed E-state index contributed by atoms with van der Waals surface area (Å²) in [5.74, 6) is 1.10. The minimum Gasteiger partial charge on any atom is -0.396 e. The molecule has 1 aliphatic heterocycles. The molecule has 23 heavy (non-hydrogen) atoms. The van der Waals surface area contributed by atoms with Gasteiger partial charge in [0.25, 0.3) is 0 Å². The summed E-state index contributed by atoms with van der Waals surface area (Å²) in [4.78, 5) is 10.9. The van der Waals surface area contributed by atoms with Gasteiger partial charge in [-0.2, -0.15) is 0 Å². The molecule has 1 aromatic carbocycles. The van der Waals surface area contributed by atoms with E-state index in [1.54, 1.807) is 6.33 Å². The lowest BCUT2D eigenvalue weighted by atomic mass is 9.92. The second kappa shape index (κ2) is 7.53. The molecule has 5 heteroatoms. The summed E-state index contributed by atoms with van der Waals surface area (Å²) < 4.78 is 0. The first-order valence-electron chi connectivity index (χ1n) is 8.17. The molecule has 1 aromatic heterocycles. The number of nitrogens with one attached hydrogen (secondary N) is 1. The number of hydrogen-bond acceptors (Lipinski definition) is 5. The van der Waals surface area contributed by atoms with Gasteiger partial charge in [0, 0.05) is 43.4 Å². The van der Waals surface area contributed by atoms with Gasteiger partial charge < -0.3 is 10.4 Å². The number of hydrogen-bond donors (Lipinski definition) is 2. The van der Waals surface area contributed by atoms with E-state index in [1.807, 2.05) is 19.1 Å². The topological polar surface area (TPSA) is 61.3 Å². The van der Waals surface area contributed by atoms with Gasteiger partial charge in [-0.25, -0.2) is 9.97 Å². The minimum absolute atomic E-state index is 0.201. The van der Waals surface area contributed by atoms with Crippen LogP contribution in [0.1, 0.15) is 17.7 Å². The molecule has 0 bridgehead atoms. The van der Waals surface area contributed by atoms with Crippen molar-refractivity contribution < 1.29 is 5.11 Å². The molecule has 0 amide bonds. The van der Waals surface area contributed by atoms with Gasteiger partial charge in [-0.15, -0.1) is 0 Å². The number of aliphatic hydroxyl groups excluding tert-OH is 1. The standard InChI is InChI=1S/C18H24N4O/c1-14-9-18(20-13-19-14)21-17-11-22(8-7-16(17)12-23)10-15-5-3-2-4-6-15/h2-6,9,13,16-17,23H,7-8,10-12H2,1H3,(H,19,20,21)/t16-,17-/m0/s1. The largest absolute Gasteiger partial charge is 0.396 e. The molecule has 2 atom stereocenters. The molecule has 3 rings (SSSR count). The second-order valence-corrected chi connectivity index (χ2v) is 6.25. The zero-order valence-electron chi connectivity index (χ0n) is 13.5. The van der Waals surface area contributed by atoms with Gasteiger partial charge in [0.2, 0.25) is 0 Å². The van der Waals surface area contributed by atoms with E-state index in [1.165, 1.54) is 5.56 Å². The molecule has 1 saturated heterocycles. The molecule has 2 aromatic rings. The first-order valence-corrected chi connectivity index (χ1v) is 8.17. The maximum Gasteiger partial charge on any atom is 0.129 e. The fourth-order valence-corrected chi connectivity index (χ4v) is 3.16. The number of likely N-dealkylation sites (tertiary alicyclic amines) is 1. The third-order valence-electron chi connectivity index (χ3n) is 4.46. The van der Waals surface area contributed by atoms with Crippen LogP contribution in [0.2, 0.25) is 0 Å². The number of nitrogens with zero attached hydrogens (tertiary/aromatic N) is 3. The Bertz CT molecular complexity index is 619. The van der Waals surface area contributed by atoms with E-state index in [2.05, 4.69) is 44.5 Å². The van der Waals surface area contributed by atoms with Crippen molar-refractivity contribution in [1.82, 2.24) is 14.9 Å². The highest BCUT2D eigenvalue weighted by atomic mass is 16.3. The van der Waals surface area contributed by atoms with Gasteiger partial charge >= 0.3 is 0 Å². The SMILES string of the molecule is Cc1cc(N[C@H]2CN(Cc3ccccc3)CC[C@H]2CO)ncn1. The highest BCUT2D eigenvalue weighted by Crippen LogP contribution is 2.22. The predicted molar refractivity (Wildman–Crippen MR) is 91.1 cm³/mol. The van der Waals surface area contributed by atoms with E-state index < -0.39 is 0 Å². The van der Waals surface area contributed by atoms with Crippen LogP contribution in [0.4, 0.5) is 5.82 Å². The summed E-state index contributed by atoms with van der Waals surface area (Å²) in [7, 11) is 0. The van der Waals surface area contributed by atoms with Crippen molar-refractivity contribution in [2.24, 2.45) is 5.92 Å². The summed E-state index contributed by atoms with van der Waals surface area (Å²) in [5, 5.41) is 13.2. The van der Waals surface area contributed by atoms with E-state index in [0.29, 0.717) is 0 Å². The average molecular weight is 312 g/mol. The highest BCUT2D eigenvalue weighted by molar-refractivity contribution is 5.36. The molecular formula is C18H24N4O. The fraction of sp³-hybridized carbons (Fsp3) is 0.444. The number of rotatable bonds is 5. The third-order valence-corrected chi connectivity index (χ3v) is 4.46. The Kier molecular flexibility index (Phi) is 5.20. The van der Waals surface area contributed by atoms with Crippen LogP contribution >= 0.6 is 0 Å². The summed E-state index contributed by atoms with van der Waals surface area (Å²) in [6, 6.07) is 12.7. The summed E-state index contributed by atoms with van der Waals surface area (Å²) in [5.41, 5.74) is 2.27. The smallest absolute Gasteiger partial charge is 0.129 e. The van der Waals surface area contributed by atoms with E-state index in [9.17, 15) is 5.11 Å². The molecule has 1 fully saturated rings. The summed E-state index contributed by atoms with van der Waals surface area (Å²) in [6.07, 6.45) is 2.57. The Morgan fingerprint density at radius 2 is 2.09 bits per heavy atom. The molecule has 0 radical (unpaired) electrons. The number of aliphatic hydroxyl groups is 1. The van der Waals surface area contributed by atoms with Gasteiger partial charge in [0.05, 0.1) is 0 Å². The fourth-order valence-electron chi connectivity index (χ4n) is 3.16. The molecule has 0 aliphatic carbocycles. The molecule has 122 valence electrons. The molecule has 0 unspecified atom stereocenters. The number of aryl methyl sites for hydroxylation is 1. The Balaban J connectivity index is 1.66. The lowest BCUT2D eigenvalue weighted by Crippen LogP contribution is -2.48. The van der Waals surface area contributed by atoms with Crippen molar-refractivity contribution in [2.75, 3.05) is 25.0 Å². The Hall–Kier alpha value is -1.98. The lowest BCUT2D eigenvalue weighted by Gasteiger charge is -2.38. The molecule has 0 saturated carbocycles. The summed E-state index contributed by atoms with van der Waals surface area (Å²) in [6.45, 7) is 5.03. The second-order valence-electron chi connectivity index (χ2n) is 6.25. The van der Waals surface area contributed by atoms with E-state index in [0.717, 1.165) is 37.6 Å². The van der Waals surface area contributed by atoms with Crippen LogP contribution in [-0.2, 0) is 6.54 Å². The first-order chi connectivity index (χ1) is 11.2. The van der Waals surface area contributed by atoms with Gasteiger partial charge in [0.15, 0.2) is 0 Å². The highest BCUT2D eigenvalue weighted by Gasteiger charge is 2.29. The van der Waals surface area contributed by atoms with Crippen molar-refractivity contribution in [3.8, 4) is 0 Å². The van der Waals surface area contributed by atoms with Crippen molar-refractivity contribution in [3.63, 3.8) is 0 Å². The van der Waals surface area contributed by atoms with Crippen LogP contribution in [0.15, 0.2) is 42.7 Å². The maximum absolute atomic E-state index is 9.68. The molecular weight excluding hydrogens is 288 g/mol. The Morgan fingerprint density at radius 1 is 1.26 bits per heavy atom. The Labute approximate surface area is 137 Å². The third kappa shape index (κ3) is 4.27. The van der Waals surface area contributed by atoms with Gasteiger partial charge in [-0.3, -0.25) is 4.90 Å². The maximum atomic E-state index is 9.68. The molecule has 0 spiro atoms.